The minimum atomic E-state index is -1.06. The number of aliphatic carboxylic acids is 1. The molecule has 26 heavy (non-hydrogen) atoms. The van der Waals surface area contributed by atoms with Crippen molar-refractivity contribution in [2.75, 3.05) is 23.8 Å². The highest BCUT2D eigenvalue weighted by molar-refractivity contribution is 5.74. The molecule has 8 nitrogen and oxygen atoms in total. The zero-order valence-corrected chi connectivity index (χ0v) is 13.9. The average molecular weight is 357 g/mol. The van der Waals surface area contributed by atoms with Gasteiger partial charge in [-0.05, 0) is 19.1 Å². The highest BCUT2D eigenvalue weighted by Crippen LogP contribution is 2.27. The number of nitrogen functional groups attached to an aromatic ring is 1. The van der Waals surface area contributed by atoms with Crippen LogP contribution in [0.15, 0.2) is 24.3 Å². The summed E-state index contributed by atoms with van der Waals surface area (Å²) < 4.78 is 19.2. The fourth-order valence-electron chi connectivity index (χ4n) is 2.74. The molecular formula is C17H16FN5O3. The Morgan fingerprint density at radius 3 is 2.88 bits per heavy atom. The van der Waals surface area contributed by atoms with E-state index >= 15 is 0 Å². The predicted octanol–water partition coefficient (Wildman–Crippen LogP) is 1.41. The number of benzene rings is 1. The number of halogens is 1. The van der Waals surface area contributed by atoms with Crippen molar-refractivity contribution in [3.05, 3.63) is 35.6 Å². The summed E-state index contributed by atoms with van der Waals surface area (Å²) >= 11 is 0. The number of nitrogens with two attached hydrogens (primary N) is 1. The normalized spacial score (nSPS) is 19.8. The summed E-state index contributed by atoms with van der Waals surface area (Å²) in [6.45, 7) is 2.20. The molecular weight excluding hydrogens is 341 g/mol. The van der Waals surface area contributed by atoms with Crippen LogP contribution in [0.5, 0.6) is 0 Å². The van der Waals surface area contributed by atoms with Crippen molar-refractivity contribution in [2.45, 2.75) is 19.1 Å². The van der Waals surface area contributed by atoms with Crippen LogP contribution in [0.2, 0.25) is 0 Å². The fourth-order valence-corrected chi connectivity index (χ4v) is 2.74. The van der Waals surface area contributed by atoms with Gasteiger partial charge in [-0.25, -0.2) is 14.2 Å². The standard InChI is InChI=1S/C17H16FN5O3/c1-9-8-26-14(16(24)25)7-23(9)15-5-13(21-17(20)22-15)10-2-3-11(6-19)12(18)4-10/h2-5,9,14H,7-8H2,1H3,(H,24,25)(H2,20,21,22)/t9-,14+/m1/s1. The largest absolute Gasteiger partial charge is 0.479 e. The van der Waals surface area contributed by atoms with Gasteiger partial charge in [-0.2, -0.15) is 10.2 Å². The van der Waals surface area contributed by atoms with Crippen LogP contribution in [-0.2, 0) is 9.53 Å². The van der Waals surface area contributed by atoms with Crippen LogP contribution in [-0.4, -0.2) is 46.3 Å². The van der Waals surface area contributed by atoms with Crippen LogP contribution in [0.1, 0.15) is 12.5 Å². The van der Waals surface area contributed by atoms with Crippen LogP contribution in [0.25, 0.3) is 11.3 Å². The quantitative estimate of drug-likeness (QED) is 0.845. The van der Waals surface area contributed by atoms with Crippen molar-refractivity contribution in [1.82, 2.24) is 9.97 Å². The number of nitrogens with zero attached hydrogens (tertiary/aromatic N) is 4. The first-order valence-corrected chi connectivity index (χ1v) is 7.84. The monoisotopic (exact) mass is 357 g/mol. The molecule has 134 valence electrons. The summed E-state index contributed by atoms with van der Waals surface area (Å²) in [7, 11) is 0. The molecule has 0 unspecified atom stereocenters. The number of nitriles is 1. The third kappa shape index (κ3) is 3.41. The zero-order valence-electron chi connectivity index (χ0n) is 13.9. The SMILES string of the molecule is C[C@@H]1CO[C@H](C(=O)O)CN1c1cc(-c2ccc(C#N)c(F)c2)nc(N)n1. The molecule has 0 saturated carbocycles. The van der Waals surface area contributed by atoms with Gasteiger partial charge in [-0.1, -0.05) is 6.07 Å². The first-order chi connectivity index (χ1) is 12.4. The second kappa shape index (κ2) is 6.93. The average Bonchev–Trinajstić information content (AvgIpc) is 2.61. The van der Waals surface area contributed by atoms with E-state index in [4.69, 9.17) is 15.7 Å². The van der Waals surface area contributed by atoms with E-state index in [1.807, 2.05) is 6.92 Å². The van der Waals surface area contributed by atoms with E-state index in [-0.39, 0.29) is 30.7 Å². The lowest BCUT2D eigenvalue weighted by Crippen LogP contribution is -2.51. The van der Waals surface area contributed by atoms with Gasteiger partial charge in [0, 0.05) is 11.6 Å². The van der Waals surface area contributed by atoms with Gasteiger partial charge in [-0.15, -0.1) is 0 Å². The summed E-state index contributed by atoms with van der Waals surface area (Å²) in [5.74, 6) is -1.31. The van der Waals surface area contributed by atoms with Gasteiger partial charge in [0.05, 0.1) is 30.5 Å². The molecule has 0 radical (unpaired) electrons. The third-order valence-corrected chi connectivity index (χ3v) is 4.12. The molecule has 1 aromatic carbocycles. The van der Waals surface area contributed by atoms with E-state index in [1.54, 1.807) is 23.1 Å². The minimum Gasteiger partial charge on any atom is -0.479 e. The van der Waals surface area contributed by atoms with E-state index in [9.17, 15) is 14.3 Å². The molecule has 1 aromatic heterocycles. The Labute approximate surface area is 148 Å². The second-order valence-electron chi connectivity index (χ2n) is 5.94. The number of carbonyl (C=O) groups is 1. The molecule has 1 fully saturated rings. The first-order valence-electron chi connectivity index (χ1n) is 7.84. The minimum absolute atomic E-state index is 0.0205. The number of hydrogen-bond acceptors (Lipinski definition) is 7. The smallest absolute Gasteiger partial charge is 0.334 e. The van der Waals surface area contributed by atoms with Gasteiger partial charge >= 0.3 is 5.97 Å². The van der Waals surface area contributed by atoms with E-state index < -0.39 is 17.9 Å². The molecule has 1 aliphatic rings. The fraction of sp³-hybridized carbons (Fsp3) is 0.294. The second-order valence-corrected chi connectivity index (χ2v) is 5.94. The lowest BCUT2D eigenvalue weighted by atomic mass is 10.1. The predicted molar refractivity (Wildman–Crippen MR) is 90.7 cm³/mol. The summed E-state index contributed by atoms with van der Waals surface area (Å²) in [5, 5.41) is 18.0. The van der Waals surface area contributed by atoms with Crippen LogP contribution < -0.4 is 10.6 Å². The maximum Gasteiger partial charge on any atom is 0.334 e. The number of aromatic nitrogens is 2. The van der Waals surface area contributed by atoms with Gasteiger partial charge in [0.1, 0.15) is 17.7 Å². The Hall–Kier alpha value is -3.25. The van der Waals surface area contributed by atoms with Crippen LogP contribution in [0, 0.1) is 17.1 Å². The van der Waals surface area contributed by atoms with Crippen LogP contribution in [0.3, 0.4) is 0 Å². The molecule has 1 saturated heterocycles. The Morgan fingerprint density at radius 2 is 2.23 bits per heavy atom. The topological polar surface area (TPSA) is 125 Å². The Balaban J connectivity index is 1.98. The number of carboxylic acid groups (broad SMARTS) is 1. The molecule has 0 aliphatic carbocycles. The molecule has 2 heterocycles. The van der Waals surface area contributed by atoms with Crippen LogP contribution in [0.4, 0.5) is 16.2 Å². The number of carboxylic acids is 1. The lowest BCUT2D eigenvalue weighted by Gasteiger charge is -2.37. The molecule has 9 heteroatoms. The molecule has 2 aromatic rings. The molecule has 2 atom stereocenters. The Kier molecular flexibility index (Phi) is 4.69. The van der Waals surface area contributed by atoms with Gasteiger partial charge in [0.15, 0.2) is 6.10 Å². The van der Waals surface area contributed by atoms with Crippen molar-refractivity contribution >= 4 is 17.7 Å². The molecule has 1 aliphatic heterocycles. The first kappa shape index (κ1) is 17.6. The number of hydrogen-bond donors (Lipinski definition) is 2. The summed E-state index contributed by atoms with van der Waals surface area (Å²) in [4.78, 5) is 21.3. The highest BCUT2D eigenvalue weighted by atomic mass is 19.1. The van der Waals surface area contributed by atoms with E-state index in [0.717, 1.165) is 0 Å². The Bertz CT molecular complexity index is 898. The van der Waals surface area contributed by atoms with Crippen molar-refractivity contribution in [2.24, 2.45) is 0 Å². The van der Waals surface area contributed by atoms with Gasteiger partial charge in [0.2, 0.25) is 5.95 Å². The molecule has 3 rings (SSSR count). The molecule has 3 N–H and O–H groups in total. The molecule has 0 bridgehead atoms. The summed E-state index contributed by atoms with van der Waals surface area (Å²) in [6, 6.07) is 7.38. The highest BCUT2D eigenvalue weighted by Gasteiger charge is 2.31. The Morgan fingerprint density at radius 1 is 1.46 bits per heavy atom. The van der Waals surface area contributed by atoms with Gasteiger partial charge in [-0.3, -0.25) is 0 Å². The number of rotatable bonds is 3. The summed E-state index contributed by atoms with van der Waals surface area (Å²) in [5.41, 5.74) is 6.54. The summed E-state index contributed by atoms with van der Waals surface area (Å²) in [6.07, 6.45) is -0.974. The van der Waals surface area contributed by atoms with E-state index in [1.165, 1.54) is 12.1 Å². The van der Waals surface area contributed by atoms with Crippen LogP contribution >= 0.6 is 0 Å². The zero-order chi connectivity index (χ0) is 18.8. The number of anilines is 2. The van der Waals surface area contributed by atoms with Gasteiger partial charge in [0.25, 0.3) is 0 Å². The van der Waals surface area contributed by atoms with Gasteiger partial charge < -0.3 is 20.5 Å². The van der Waals surface area contributed by atoms with E-state index in [2.05, 4.69) is 9.97 Å². The van der Waals surface area contributed by atoms with Crippen molar-refractivity contribution < 1.29 is 19.0 Å². The lowest BCUT2D eigenvalue weighted by molar-refractivity contribution is -0.151. The third-order valence-electron chi connectivity index (χ3n) is 4.12. The number of ether oxygens (including phenoxy) is 1. The van der Waals surface area contributed by atoms with Crippen molar-refractivity contribution in [3.8, 4) is 17.3 Å². The van der Waals surface area contributed by atoms with Crippen molar-refractivity contribution in [1.29, 1.82) is 5.26 Å². The maximum absolute atomic E-state index is 13.9. The maximum atomic E-state index is 13.9. The molecule has 0 spiro atoms. The number of morpholine rings is 1. The molecule has 0 amide bonds. The van der Waals surface area contributed by atoms with E-state index in [0.29, 0.717) is 17.1 Å². The van der Waals surface area contributed by atoms with Crippen molar-refractivity contribution in [3.63, 3.8) is 0 Å².